The quantitative estimate of drug-likeness (QED) is 0.511. The highest BCUT2D eigenvalue weighted by Crippen LogP contribution is 2.16. The number of hydrogen-bond donors (Lipinski definition) is 3. The van der Waals surface area contributed by atoms with Crippen LogP contribution in [-0.4, -0.2) is 91.0 Å². The Morgan fingerprint density at radius 2 is 1.72 bits per heavy atom. The molecule has 0 saturated heterocycles. The first-order valence-corrected chi connectivity index (χ1v) is 9.12. The molecule has 1 aromatic heterocycles. The summed E-state index contributed by atoms with van der Waals surface area (Å²) in [5.74, 6) is -3.81. The number of rotatable bonds is 6. The molecule has 0 radical (unpaired) electrons. The predicted octanol–water partition coefficient (Wildman–Crippen LogP) is -0.746. The summed E-state index contributed by atoms with van der Waals surface area (Å²) in [6.07, 6.45) is 0. The van der Waals surface area contributed by atoms with E-state index < -0.39 is 11.9 Å². The lowest BCUT2D eigenvalue weighted by Crippen LogP contribution is -2.45. The van der Waals surface area contributed by atoms with Crippen LogP contribution in [0.25, 0.3) is 0 Å². The first kappa shape index (κ1) is 24.0. The van der Waals surface area contributed by atoms with E-state index in [1.807, 2.05) is 39.6 Å². The lowest BCUT2D eigenvalue weighted by Gasteiger charge is -2.30. The summed E-state index contributed by atoms with van der Waals surface area (Å²) in [5, 5.41) is 25.7. The smallest absolute Gasteiger partial charge is 0.414 e. The molecule has 29 heavy (non-hydrogen) atoms. The van der Waals surface area contributed by atoms with Crippen molar-refractivity contribution in [1.82, 2.24) is 30.1 Å². The highest BCUT2D eigenvalue weighted by atomic mass is 16.4. The molecule has 0 spiro atoms. The van der Waals surface area contributed by atoms with Crippen molar-refractivity contribution in [2.24, 2.45) is 0 Å². The minimum absolute atomic E-state index is 0.0696. The van der Waals surface area contributed by atoms with Gasteiger partial charge in [-0.25, -0.2) is 14.3 Å². The maximum atomic E-state index is 12.6. The fourth-order valence-electron chi connectivity index (χ4n) is 2.44. The average Bonchev–Trinajstić information content (AvgIpc) is 3.04. The van der Waals surface area contributed by atoms with Crippen LogP contribution in [0.15, 0.2) is 0 Å². The van der Waals surface area contributed by atoms with Crippen LogP contribution >= 0.6 is 0 Å². The number of nitrogens with zero attached hydrogens (tertiary/aromatic N) is 5. The summed E-state index contributed by atoms with van der Waals surface area (Å²) < 4.78 is 1.63. The zero-order valence-electron chi connectivity index (χ0n) is 17.2. The normalized spacial score (nSPS) is 13.2. The van der Waals surface area contributed by atoms with Crippen molar-refractivity contribution >= 4 is 23.8 Å². The molecule has 1 aromatic rings. The van der Waals surface area contributed by atoms with Gasteiger partial charge in [-0.15, -0.1) is 5.10 Å². The summed E-state index contributed by atoms with van der Waals surface area (Å²) in [4.78, 5) is 46.5. The topological polar surface area (TPSA) is 158 Å². The molecule has 1 aliphatic rings. The van der Waals surface area contributed by atoms with Gasteiger partial charge in [-0.1, -0.05) is 5.21 Å². The van der Waals surface area contributed by atoms with Crippen LogP contribution in [0.1, 0.15) is 43.9 Å². The number of aromatic nitrogens is 3. The van der Waals surface area contributed by atoms with Gasteiger partial charge in [-0.3, -0.25) is 14.5 Å². The lowest BCUT2D eigenvalue weighted by molar-refractivity contribution is -0.159. The maximum absolute atomic E-state index is 12.6. The molecule has 12 nitrogen and oxygen atoms in total. The van der Waals surface area contributed by atoms with Crippen molar-refractivity contribution in [2.45, 2.75) is 52.9 Å². The molecule has 0 aromatic carbocycles. The van der Waals surface area contributed by atoms with Crippen molar-refractivity contribution in [1.29, 1.82) is 0 Å². The van der Waals surface area contributed by atoms with Crippen LogP contribution in [0.4, 0.5) is 0 Å². The van der Waals surface area contributed by atoms with Crippen molar-refractivity contribution in [3.63, 3.8) is 0 Å². The van der Waals surface area contributed by atoms with E-state index in [1.165, 1.54) is 0 Å². The molecule has 2 heterocycles. The molecule has 162 valence electrons. The molecule has 3 N–H and O–H groups in total. The van der Waals surface area contributed by atoms with Gasteiger partial charge in [0.2, 0.25) is 5.91 Å². The van der Waals surface area contributed by atoms with E-state index in [9.17, 15) is 9.59 Å². The molecule has 0 bridgehead atoms. The number of carboxylic acid groups (broad SMARTS) is 2. The second-order valence-corrected chi connectivity index (χ2v) is 7.10. The van der Waals surface area contributed by atoms with E-state index in [-0.39, 0.29) is 24.4 Å². The highest BCUT2D eigenvalue weighted by molar-refractivity contribution is 6.27. The van der Waals surface area contributed by atoms with Crippen LogP contribution in [0, 0.1) is 0 Å². The molecule has 2 rings (SSSR count). The summed E-state index contributed by atoms with van der Waals surface area (Å²) in [5.41, 5.74) is 1.02. The van der Waals surface area contributed by atoms with Gasteiger partial charge >= 0.3 is 11.9 Å². The zero-order chi connectivity index (χ0) is 22.3. The Labute approximate surface area is 168 Å². The van der Waals surface area contributed by atoms with E-state index in [0.29, 0.717) is 37.1 Å². The Hall–Kier alpha value is -3.02. The lowest BCUT2D eigenvalue weighted by atomic mass is 10.2. The molecule has 0 unspecified atom stereocenters. The third kappa shape index (κ3) is 6.82. The van der Waals surface area contributed by atoms with Crippen molar-refractivity contribution in [3.05, 3.63) is 11.4 Å². The Kier molecular flexibility index (Phi) is 8.70. The third-order valence-corrected chi connectivity index (χ3v) is 4.35. The Bertz CT molecular complexity index is 748. The predicted molar refractivity (Wildman–Crippen MR) is 101 cm³/mol. The number of carboxylic acids is 2. The summed E-state index contributed by atoms with van der Waals surface area (Å²) >= 11 is 0. The third-order valence-electron chi connectivity index (χ3n) is 4.35. The summed E-state index contributed by atoms with van der Waals surface area (Å²) in [6.45, 7) is 9.84. The molecular weight excluding hydrogens is 384 g/mol. The number of carbonyl (C=O) groups is 4. The van der Waals surface area contributed by atoms with E-state index >= 15 is 0 Å². The number of hydrogen-bond acceptors (Lipinski definition) is 7. The summed E-state index contributed by atoms with van der Waals surface area (Å²) in [7, 11) is 1.90. The zero-order valence-corrected chi connectivity index (χ0v) is 17.2. The number of fused-ring (bicyclic) bond motifs is 1. The van der Waals surface area contributed by atoms with Crippen LogP contribution in [-0.2, 0) is 27.5 Å². The molecular formula is C17H28N6O6. The largest absolute Gasteiger partial charge is 0.473 e. The van der Waals surface area contributed by atoms with Crippen LogP contribution in [0.5, 0.6) is 0 Å². The van der Waals surface area contributed by atoms with Crippen LogP contribution in [0.2, 0.25) is 0 Å². The first-order valence-electron chi connectivity index (χ1n) is 9.12. The van der Waals surface area contributed by atoms with Gasteiger partial charge in [-0.2, -0.15) is 0 Å². The van der Waals surface area contributed by atoms with Crippen molar-refractivity contribution in [2.75, 3.05) is 20.1 Å². The molecule has 0 atom stereocenters. The number of amides is 2. The van der Waals surface area contributed by atoms with Crippen molar-refractivity contribution in [3.8, 4) is 0 Å². The van der Waals surface area contributed by atoms with Gasteiger partial charge in [0.05, 0.1) is 19.6 Å². The van der Waals surface area contributed by atoms with E-state index in [1.54, 1.807) is 9.58 Å². The minimum atomic E-state index is -1.82. The van der Waals surface area contributed by atoms with Crippen LogP contribution < -0.4 is 5.32 Å². The Morgan fingerprint density at radius 1 is 1.14 bits per heavy atom. The number of carbonyl (C=O) groups excluding carboxylic acids is 2. The fourth-order valence-corrected chi connectivity index (χ4v) is 2.44. The van der Waals surface area contributed by atoms with Gasteiger partial charge < -0.3 is 20.4 Å². The minimum Gasteiger partial charge on any atom is -0.473 e. The number of likely N-dealkylation sites (N-methyl/N-ethyl adjacent to an activating group) is 1. The maximum Gasteiger partial charge on any atom is 0.414 e. The van der Waals surface area contributed by atoms with E-state index in [0.717, 1.165) is 0 Å². The molecule has 0 aliphatic carbocycles. The monoisotopic (exact) mass is 412 g/mol. The van der Waals surface area contributed by atoms with Gasteiger partial charge in [0.15, 0.2) is 5.69 Å². The number of aliphatic carboxylic acids is 2. The standard InChI is InChI=1S/C15H26N6O2.C2H2O4/c1-10(2)19(5)9-13(22)16-8-12-14-15(23)20(11(3)4)6-7-21(14)18-17-12;3-1(4)2(5)6/h10-11H,6-9H2,1-5H3,(H,16,22);(H,3,4)(H,5,6). The second-order valence-electron chi connectivity index (χ2n) is 7.10. The Balaban J connectivity index is 0.000000612. The second kappa shape index (κ2) is 10.5. The van der Waals surface area contributed by atoms with Gasteiger partial charge in [-0.05, 0) is 34.7 Å². The van der Waals surface area contributed by atoms with Crippen molar-refractivity contribution < 1.29 is 29.4 Å². The fraction of sp³-hybridized carbons (Fsp3) is 0.647. The Morgan fingerprint density at radius 3 is 2.21 bits per heavy atom. The number of nitrogens with one attached hydrogen (secondary N) is 1. The van der Waals surface area contributed by atoms with Crippen LogP contribution in [0.3, 0.4) is 0 Å². The van der Waals surface area contributed by atoms with E-state index in [4.69, 9.17) is 19.8 Å². The molecule has 0 saturated carbocycles. The van der Waals surface area contributed by atoms with Gasteiger partial charge in [0.25, 0.3) is 5.91 Å². The molecule has 1 aliphatic heterocycles. The average molecular weight is 412 g/mol. The van der Waals surface area contributed by atoms with Gasteiger partial charge in [0, 0.05) is 18.6 Å². The SMILES string of the molecule is CC(C)N(C)CC(=O)NCc1nnn2c1C(=O)N(C(C)C)CC2.O=C(O)C(=O)O. The summed E-state index contributed by atoms with van der Waals surface area (Å²) in [6, 6.07) is 0.428. The van der Waals surface area contributed by atoms with Gasteiger partial charge in [0.1, 0.15) is 5.69 Å². The molecule has 12 heteroatoms. The molecule has 0 fully saturated rings. The van der Waals surface area contributed by atoms with E-state index in [2.05, 4.69) is 15.6 Å². The molecule has 2 amide bonds. The highest BCUT2D eigenvalue weighted by Gasteiger charge is 2.31. The first-order chi connectivity index (χ1) is 13.5.